The van der Waals surface area contributed by atoms with Gasteiger partial charge in [-0.15, -0.1) is 0 Å². The summed E-state index contributed by atoms with van der Waals surface area (Å²) in [4.78, 5) is 5.52. The number of hydrogen-bond donors (Lipinski definition) is 0. The number of halogens is 6. The maximum Gasteiger partial charge on any atom is 0.433 e. The van der Waals surface area contributed by atoms with Gasteiger partial charge < -0.3 is 4.74 Å². The first-order valence-electron chi connectivity index (χ1n) is 10.7. The molecule has 0 spiro atoms. The predicted molar refractivity (Wildman–Crippen MR) is 109 cm³/mol. The second-order valence-corrected chi connectivity index (χ2v) is 8.41. The number of benzene rings is 2. The number of alkyl halides is 6. The Balaban J connectivity index is 1.70. The van der Waals surface area contributed by atoms with Gasteiger partial charge in [-0.2, -0.15) is 26.3 Å². The quantitative estimate of drug-likeness (QED) is 0.384. The Kier molecular flexibility index (Phi) is 5.36. The summed E-state index contributed by atoms with van der Waals surface area (Å²) in [7, 11) is 0. The molecule has 0 saturated carbocycles. The fraction of sp³-hybridized carbons (Fsp3) is 0.375. The second kappa shape index (κ2) is 7.99. The Morgan fingerprint density at radius 2 is 1.64 bits per heavy atom. The molecular weight excluding hydrogens is 446 g/mol. The van der Waals surface area contributed by atoms with Gasteiger partial charge in [0.2, 0.25) is 0 Å². The number of fused-ring (bicyclic) bond motifs is 2. The van der Waals surface area contributed by atoms with Crippen molar-refractivity contribution in [3.05, 3.63) is 77.0 Å². The lowest BCUT2D eigenvalue weighted by Gasteiger charge is -2.33. The summed E-state index contributed by atoms with van der Waals surface area (Å²) in [6.45, 7) is 0.698. The standard InChI is InChI=1S/C24H20F6N2O/c25-23(26,27)17-10-6-9-15-16(13-19(24(28,29)30)31-20(15)17)21-18-11-4-5-12-32(18)22(33-21)14-7-2-1-3-8-14/h1-3,6-10,13,18,21-22H,4-5,11-12H2/t18-,21+,22-/m0/s1. The molecule has 1 aromatic heterocycles. The molecule has 0 N–H and O–H groups in total. The number of nitrogens with zero attached hydrogens (tertiary/aromatic N) is 2. The van der Waals surface area contributed by atoms with E-state index < -0.39 is 41.5 Å². The van der Waals surface area contributed by atoms with Crippen LogP contribution in [0.3, 0.4) is 0 Å². The van der Waals surface area contributed by atoms with Crippen LogP contribution in [0.4, 0.5) is 26.3 Å². The third-order valence-electron chi connectivity index (χ3n) is 6.38. The summed E-state index contributed by atoms with van der Waals surface area (Å²) < 4.78 is 88.3. The van der Waals surface area contributed by atoms with E-state index in [9.17, 15) is 26.3 Å². The molecule has 2 saturated heterocycles. The highest BCUT2D eigenvalue weighted by Gasteiger charge is 2.46. The van der Waals surface area contributed by atoms with E-state index in [1.807, 2.05) is 30.3 Å². The van der Waals surface area contributed by atoms with Crippen molar-refractivity contribution in [1.82, 2.24) is 9.88 Å². The number of hydrogen-bond acceptors (Lipinski definition) is 3. The molecule has 0 unspecified atom stereocenters. The Morgan fingerprint density at radius 1 is 0.879 bits per heavy atom. The van der Waals surface area contributed by atoms with E-state index in [1.165, 1.54) is 12.1 Å². The van der Waals surface area contributed by atoms with Crippen LogP contribution in [0.25, 0.3) is 10.9 Å². The van der Waals surface area contributed by atoms with Crippen molar-refractivity contribution in [1.29, 1.82) is 0 Å². The summed E-state index contributed by atoms with van der Waals surface area (Å²) in [6, 6.07) is 13.3. The van der Waals surface area contributed by atoms with Crippen LogP contribution < -0.4 is 0 Å². The zero-order chi connectivity index (χ0) is 23.4. The van der Waals surface area contributed by atoms with Crippen LogP contribution in [0.2, 0.25) is 0 Å². The molecule has 0 aliphatic carbocycles. The Hall–Kier alpha value is -2.65. The van der Waals surface area contributed by atoms with Crippen LogP contribution in [-0.4, -0.2) is 22.5 Å². The SMILES string of the molecule is FC(F)(F)c1cc([C@H]2O[C@@H](c3ccccc3)N3CCCC[C@@H]23)c2cccc(C(F)(F)F)c2n1. The molecule has 2 aromatic carbocycles. The largest absolute Gasteiger partial charge is 0.433 e. The van der Waals surface area contributed by atoms with Gasteiger partial charge in [0.25, 0.3) is 0 Å². The van der Waals surface area contributed by atoms with Crippen molar-refractivity contribution in [3.8, 4) is 0 Å². The van der Waals surface area contributed by atoms with Crippen LogP contribution in [0, 0.1) is 0 Å². The molecule has 3 nitrogen and oxygen atoms in total. The van der Waals surface area contributed by atoms with Crippen LogP contribution >= 0.6 is 0 Å². The summed E-state index contributed by atoms with van der Waals surface area (Å²) in [6.07, 6.45) is -8.57. The van der Waals surface area contributed by atoms with Gasteiger partial charge >= 0.3 is 12.4 Å². The summed E-state index contributed by atoms with van der Waals surface area (Å²) >= 11 is 0. The third kappa shape index (κ3) is 3.97. The van der Waals surface area contributed by atoms with Crippen LogP contribution in [0.15, 0.2) is 54.6 Å². The van der Waals surface area contributed by atoms with Crippen LogP contribution in [0.5, 0.6) is 0 Å². The van der Waals surface area contributed by atoms with E-state index in [1.54, 1.807) is 0 Å². The lowest BCUT2D eigenvalue weighted by Crippen LogP contribution is -2.37. The highest BCUT2D eigenvalue weighted by Crippen LogP contribution is 2.49. The normalized spacial score (nSPS) is 24.2. The fourth-order valence-electron chi connectivity index (χ4n) is 4.96. The number of aromatic nitrogens is 1. The van der Waals surface area contributed by atoms with Gasteiger partial charge in [-0.1, -0.05) is 48.9 Å². The number of para-hydroxylation sites is 1. The van der Waals surface area contributed by atoms with Gasteiger partial charge in [0.05, 0.1) is 11.1 Å². The lowest BCUT2D eigenvalue weighted by molar-refractivity contribution is -0.142. The zero-order valence-electron chi connectivity index (χ0n) is 17.3. The van der Waals surface area contributed by atoms with Gasteiger partial charge in [0.1, 0.15) is 18.0 Å². The number of piperidine rings is 1. The van der Waals surface area contributed by atoms with Crippen LogP contribution in [0.1, 0.15) is 54.0 Å². The fourth-order valence-corrected chi connectivity index (χ4v) is 4.96. The molecule has 2 aliphatic heterocycles. The van der Waals surface area contributed by atoms with E-state index >= 15 is 0 Å². The van der Waals surface area contributed by atoms with E-state index in [4.69, 9.17) is 4.74 Å². The highest BCUT2D eigenvalue weighted by atomic mass is 19.4. The second-order valence-electron chi connectivity index (χ2n) is 8.41. The van der Waals surface area contributed by atoms with Crippen molar-refractivity contribution in [2.75, 3.05) is 6.54 Å². The molecule has 2 aliphatic rings. The van der Waals surface area contributed by atoms with Gasteiger partial charge in [-0.05, 0) is 36.1 Å². The molecule has 3 aromatic rings. The first kappa shape index (κ1) is 22.2. The molecule has 33 heavy (non-hydrogen) atoms. The Bertz CT molecular complexity index is 1160. The Labute approximate surface area is 186 Å². The summed E-state index contributed by atoms with van der Waals surface area (Å²) in [5, 5.41) is 0.0297. The van der Waals surface area contributed by atoms with E-state index in [-0.39, 0.29) is 17.0 Å². The van der Waals surface area contributed by atoms with E-state index in [0.29, 0.717) is 13.0 Å². The summed E-state index contributed by atoms with van der Waals surface area (Å²) in [5.74, 6) is 0. The molecule has 0 amide bonds. The van der Waals surface area contributed by atoms with Crippen LogP contribution in [-0.2, 0) is 17.1 Å². The van der Waals surface area contributed by atoms with Crippen molar-refractivity contribution >= 4 is 10.9 Å². The van der Waals surface area contributed by atoms with E-state index in [0.717, 1.165) is 30.5 Å². The highest BCUT2D eigenvalue weighted by molar-refractivity contribution is 5.86. The van der Waals surface area contributed by atoms with Gasteiger partial charge in [0.15, 0.2) is 0 Å². The van der Waals surface area contributed by atoms with Gasteiger partial charge in [0, 0.05) is 18.0 Å². The zero-order valence-corrected chi connectivity index (χ0v) is 17.3. The molecule has 3 atom stereocenters. The maximum absolute atomic E-state index is 13.7. The number of rotatable bonds is 2. The molecule has 5 rings (SSSR count). The minimum Gasteiger partial charge on any atom is -0.349 e. The third-order valence-corrected chi connectivity index (χ3v) is 6.38. The lowest BCUT2D eigenvalue weighted by atomic mass is 9.91. The minimum atomic E-state index is -4.90. The molecular formula is C24H20F6N2O. The first-order chi connectivity index (χ1) is 15.6. The maximum atomic E-state index is 13.7. The van der Waals surface area contributed by atoms with Crippen molar-refractivity contribution in [2.45, 2.75) is 50.0 Å². The monoisotopic (exact) mass is 466 g/mol. The molecule has 9 heteroatoms. The predicted octanol–water partition coefficient (Wildman–Crippen LogP) is 6.90. The number of pyridine rings is 1. The number of ether oxygens (including phenoxy) is 1. The topological polar surface area (TPSA) is 25.4 Å². The van der Waals surface area contributed by atoms with Gasteiger partial charge in [-0.3, -0.25) is 4.90 Å². The smallest absolute Gasteiger partial charge is 0.349 e. The molecule has 0 bridgehead atoms. The average Bonchev–Trinajstić information content (AvgIpc) is 3.17. The van der Waals surface area contributed by atoms with Crippen molar-refractivity contribution in [3.63, 3.8) is 0 Å². The molecule has 174 valence electrons. The average molecular weight is 466 g/mol. The molecule has 3 heterocycles. The first-order valence-corrected chi connectivity index (χ1v) is 10.7. The Morgan fingerprint density at radius 3 is 2.33 bits per heavy atom. The van der Waals surface area contributed by atoms with Crippen molar-refractivity contribution in [2.24, 2.45) is 0 Å². The minimum absolute atomic E-state index is 0.0297. The molecule has 0 radical (unpaired) electrons. The van der Waals surface area contributed by atoms with E-state index in [2.05, 4.69) is 9.88 Å². The van der Waals surface area contributed by atoms with Crippen molar-refractivity contribution < 1.29 is 31.1 Å². The van der Waals surface area contributed by atoms with Gasteiger partial charge in [-0.25, -0.2) is 4.98 Å². The summed E-state index contributed by atoms with van der Waals surface area (Å²) in [5.41, 5.74) is -2.30. The molecule has 2 fully saturated rings.